The van der Waals surface area contributed by atoms with E-state index in [1.54, 1.807) is 24.4 Å². The molecule has 2 aromatic rings. The van der Waals surface area contributed by atoms with Gasteiger partial charge in [0.25, 0.3) is 5.91 Å². The number of nitrogens with zero attached hydrogens (tertiary/aromatic N) is 3. The Morgan fingerprint density at radius 1 is 1.21 bits per heavy atom. The molecule has 2 aliphatic heterocycles. The number of aliphatic carboxylic acids is 1. The van der Waals surface area contributed by atoms with Crippen molar-refractivity contribution in [2.24, 2.45) is 5.92 Å². The van der Waals surface area contributed by atoms with Crippen molar-refractivity contribution in [3.8, 4) is 0 Å². The number of carboxylic acid groups (broad SMARTS) is 1. The molecule has 0 bridgehead atoms. The van der Waals surface area contributed by atoms with Crippen LogP contribution in [-0.4, -0.2) is 64.3 Å². The number of halogens is 3. The fourth-order valence-corrected chi connectivity index (χ4v) is 3.55. The highest BCUT2D eigenvalue weighted by atomic mass is 19.4. The Hall–Kier alpha value is -2.99. The first-order valence-electron chi connectivity index (χ1n) is 10.5. The number of amides is 1. The minimum atomic E-state index is -5.08. The predicted molar refractivity (Wildman–Crippen MR) is 108 cm³/mol. The van der Waals surface area contributed by atoms with E-state index in [4.69, 9.17) is 24.5 Å². The van der Waals surface area contributed by atoms with Crippen LogP contribution in [0.15, 0.2) is 30.6 Å². The average molecular weight is 470 g/mol. The van der Waals surface area contributed by atoms with E-state index in [2.05, 4.69) is 16.5 Å². The number of ether oxygens (including phenoxy) is 2. The molecule has 0 radical (unpaired) electrons. The van der Waals surface area contributed by atoms with Crippen molar-refractivity contribution >= 4 is 11.9 Å². The summed E-state index contributed by atoms with van der Waals surface area (Å²) >= 11 is 0. The molecular weight excluding hydrogens is 445 g/mol. The number of carbonyl (C=O) groups is 2. The van der Waals surface area contributed by atoms with Gasteiger partial charge in [-0.3, -0.25) is 14.5 Å². The molecule has 0 spiro atoms. The number of carbonyl (C=O) groups excluding carboxylic acids is 1. The van der Waals surface area contributed by atoms with E-state index in [-0.39, 0.29) is 12.0 Å². The predicted octanol–water partition coefficient (Wildman–Crippen LogP) is 2.38. The molecule has 0 saturated carbocycles. The second-order valence-electron chi connectivity index (χ2n) is 7.65. The van der Waals surface area contributed by atoms with Gasteiger partial charge in [-0.1, -0.05) is 6.07 Å². The first kappa shape index (κ1) is 24.6. The molecule has 1 saturated heterocycles. The van der Waals surface area contributed by atoms with Crippen LogP contribution in [0, 0.1) is 5.92 Å². The van der Waals surface area contributed by atoms with Gasteiger partial charge in [-0.2, -0.15) is 18.3 Å². The molecule has 1 atom stereocenters. The molecule has 9 nitrogen and oxygen atoms in total. The summed E-state index contributed by atoms with van der Waals surface area (Å²) in [6.45, 7) is 3.66. The first-order chi connectivity index (χ1) is 15.7. The molecule has 1 unspecified atom stereocenters. The van der Waals surface area contributed by atoms with Crippen molar-refractivity contribution < 1.29 is 37.3 Å². The lowest BCUT2D eigenvalue weighted by Crippen LogP contribution is -2.32. The zero-order valence-electron chi connectivity index (χ0n) is 17.8. The Kier molecular flexibility index (Phi) is 8.39. The van der Waals surface area contributed by atoms with E-state index >= 15 is 0 Å². The van der Waals surface area contributed by atoms with Crippen molar-refractivity contribution in [1.82, 2.24) is 20.1 Å². The van der Waals surface area contributed by atoms with Crippen LogP contribution in [0.25, 0.3) is 0 Å². The van der Waals surface area contributed by atoms with E-state index in [0.29, 0.717) is 24.8 Å². The van der Waals surface area contributed by atoms with Gasteiger partial charge < -0.3 is 19.9 Å². The number of nitrogens with one attached hydrogen (secondary N) is 1. The van der Waals surface area contributed by atoms with Crippen molar-refractivity contribution in [3.05, 3.63) is 47.5 Å². The van der Waals surface area contributed by atoms with Crippen molar-refractivity contribution in [2.45, 2.75) is 38.1 Å². The topological polar surface area (TPSA) is 116 Å². The minimum Gasteiger partial charge on any atom is -0.475 e. The van der Waals surface area contributed by atoms with Crippen LogP contribution in [0.2, 0.25) is 0 Å². The van der Waals surface area contributed by atoms with Gasteiger partial charge in [0.2, 0.25) is 0 Å². The van der Waals surface area contributed by atoms with E-state index in [1.165, 1.54) is 5.56 Å². The Morgan fingerprint density at radius 3 is 2.58 bits per heavy atom. The lowest BCUT2D eigenvalue weighted by Gasteiger charge is -2.22. The Morgan fingerprint density at radius 2 is 1.94 bits per heavy atom. The third kappa shape index (κ3) is 7.26. The number of hydrogen-bond acceptors (Lipinski definition) is 6. The van der Waals surface area contributed by atoms with Crippen LogP contribution < -0.4 is 5.32 Å². The smallest absolute Gasteiger partial charge is 0.475 e. The summed E-state index contributed by atoms with van der Waals surface area (Å²) in [7, 11) is 0. The Balaban J connectivity index is 0.000000383. The highest BCUT2D eigenvalue weighted by Gasteiger charge is 2.38. The van der Waals surface area contributed by atoms with Gasteiger partial charge in [0.05, 0.1) is 12.3 Å². The Labute approximate surface area is 187 Å². The zero-order valence-corrected chi connectivity index (χ0v) is 17.8. The molecule has 1 fully saturated rings. The van der Waals surface area contributed by atoms with Crippen molar-refractivity contribution in [2.75, 3.05) is 26.4 Å². The summed E-state index contributed by atoms with van der Waals surface area (Å²) in [5, 5.41) is 14.8. The van der Waals surface area contributed by atoms with E-state index in [1.807, 2.05) is 4.68 Å². The highest BCUT2D eigenvalue weighted by molar-refractivity contribution is 5.92. The fraction of sp³-hybridized carbons (Fsp3) is 0.524. The second-order valence-corrected chi connectivity index (χ2v) is 7.65. The van der Waals surface area contributed by atoms with Crippen LogP contribution in [0.1, 0.15) is 40.7 Å². The van der Waals surface area contributed by atoms with Crippen LogP contribution in [0.5, 0.6) is 0 Å². The monoisotopic (exact) mass is 470 g/mol. The molecule has 180 valence electrons. The van der Waals surface area contributed by atoms with Crippen LogP contribution in [0.4, 0.5) is 13.2 Å². The number of carboxylic acids is 1. The summed E-state index contributed by atoms with van der Waals surface area (Å²) in [6, 6.07) is 5.29. The summed E-state index contributed by atoms with van der Waals surface area (Å²) in [5.74, 6) is -2.33. The second kappa shape index (κ2) is 11.2. The molecular formula is C21H25F3N4O5. The third-order valence-electron chi connectivity index (χ3n) is 5.24. The molecule has 12 heteroatoms. The van der Waals surface area contributed by atoms with Gasteiger partial charge >= 0.3 is 12.1 Å². The van der Waals surface area contributed by atoms with Gasteiger partial charge in [0.1, 0.15) is 11.8 Å². The summed E-state index contributed by atoms with van der Waals surface area (Å²) in [6.07, 6.45) is 1.51. The van der Waals surface area contributed by atoms with Gasteiger partial charge in [-0.05, 0) is 42.9 Å². The minimum absolute atomic E-state index is 0.192. The fourth-order valence-electron chi connectivity index (χ4n) is 3.55. The van der Waals surface area contributed by atoms with Gasteiger partial charge in [-0.25, -0.2) is 4.79 Å². The maximum atomic E-state index is 12.2. The number of rotatable bonds is 5. The molecule has 0 aliphatic carbocycles. The maximum Gasteiger partial charge on any atom is 0.490 e. The van der Waals surface area contributed by atoms with E-state index in [9.17, 15) is 18.0 Å². The normalized spacial score (nSPS) is 18.6. The molecule has 2 aromatic heterocycles. The molecule has 4 heterocycles. The lowest BCUT2D eigenvalue weighted by atomic mass is 10.0. The number of fused-ring (bicyclic) bond motifs is 1. The van der Waals surface area contributed by atoms with E-state index in [0.717, 1.165) is 44.7 Å². The summed E-state index contributed by atoms with van der Waals surface area (Å²) < 4.78 is 45.1. The van der Waals surface area contributed by atoms with Crippen LogP contribution in [0.3, 0.4) is 0 Å². The van der Waals surface area contributed by atoms with Gasteiger partial charge in [-0.15, -0.1) is 0 Å². The summed E-state index contributed by atoms with van der Waals surface area (Å²) in [5.41, 5.74) is 2.58. The zero-order chi connectivity index (χ0) is 23.8. The third-order valence-corrected chi connectivity index (χ3v) is 5.24. The molecule has 1 amide bonds. The van der Waals surface area contributed by atoms with E-state index < -0.39 is 12.1 Å². The van der Waals surface area contributed by atoms with Gasteiger partial charge in [0, 0.05) is 38.7 Å². The number of pyridine rings is 1. The first-order valence-corrected chi connectivity index (χ1v) is 10.5. The molecule has 2 aliphatic rings. The number of alkyl halides is 3. The maximum absolute atomic E-state index is 12.2. The standard InChI is InChI=1S/C19H24N4O3.C2HF3O2/c24-19(16-3-1-2-7-20-16)21-11-17-18-15(6-10-26-17)13-23(22-18)12-14-4-8-25-9-5-14;3-2(4,5)1(6)7/h1-3,7,13-14,17H,4-6,8-12H2,(H,21,24);(H,6,7). The molecule has 33 heavy (non-hydrogen) atoms. The molecule has 0 aromatic carbocycles. The summed E-state index contributed by atoms with van der Waals surface area (Å²) in [4.78, 5) is 25.2. The molecule has 4 rings (SSSR count). The molecule has 2 N–H and O–H groups in total. The van der Waals surface area contributed by atoms with Crippen LogP contribution >= 0.6 is 0 Å². The van der Waals surface area contributed by atoms with Gasteiger partial charge in [0.15, 0.2) is 0 Å². The SMILES string of the molecule is O=C(NCC1OCCc2cn(CC3CCOCC3)nc21)c1ccccn1.O=C(O)C(F)(F)F. The highest BCUT2D eigenvalue weighted by Crippen LogP contribution is 2.26. The number of hydrogen-bond donors (Lipinski definition) is 2. The quantitative estimate of drug-likeness (QED) is 0.689. The van der Waals surface area contributed by atoms with Crippen molar-refractivity contribution in [3.63, 3.8) is 0 Å². The lowest BCUT2D eigenvalue weighted by molar-refractivity contribution is -0.192. The van der Waals surface area contributed by atoms with Crippen molar-refractivity contribution in [1.29, 1.82) is 0 Å². The largest absolute Gasteiger partial charge is 0.490 e. The van der Waals surface area contributed by atoms with Crippen LogP contribution in [-0.2, 0) is 27.2 Å². The Bertz CT molecular complexity index is 930. The number of aromatic nitrogens is 3. The average Bonchev–Trinajstić information content (AvgIpc) is 3.21.